The molecule has 2 N–H and O–H groups in total. The summed E-state index contributed by atoms with van der Waals surface area (Å²) in [6, 6.07) is 3.47. The Morgan fingerprint density at radius 3 is 2.60 bits per heavy atom. The Labute approximate surface area is 121 Å². The lowest BCUT2D eigenvalue weighted by Crippen LogP contribution is -2.28. The first-order valence-corrected chi connectivity index (χ1v) is 7.96. The number of sulfonamides is 1. The monoisotopic (exact) mass is 319 g/mol. The SMILES string of the molecule is O=C(O)c1ccc(Cl)c(S(=O)(=O)NOC2CCCC2)c1. The Hall–Kier alpha value is -1.15. The molecule has 0 saturated heterocycles. The van der Waals surface area contributed by atoms with Gasteiger partial charge in [0.15, 0.2) is 0 Å². The largest absolute Gasteiger partial charge is 0.478 e. The third-order valence-corrected chi connectivity index (χ3v) is 4.77. The molecule has 1 saturated carbocycles. The van der Waals surface area contributed by atoms with Crippen LogP contribution in [0.3, 0.4) is 0 Å². The molecule has 1 aromatic carbocycles. The van der Waals surface area contributed by atoms with Crippen LogP contribution in [0.5, 0.6) is 0 Å². The van der Waals surface area contributed by atoms with Crippen molar-refractivity contribution in [2.24, 2.45) is 0 Å². The lowest BCUT2D eigenvalue weighted by Gasteiger charge is -2.13. The highest BCUT2D eigenvalue weighted by Crippen LogP contribution is 2.24. The zero-order valence-electron chi connectivity index (χ0n) is 10.5. The number of halogens is 1. The Morgan fingerprint density at radius 2 is 2.00 bits per heavy atom. The zero-order valence-corrected chi connectivity index (χ0v) is 12.1. The molecule has 0 radical (unpaired) electrons. The summed E-state index contributed by atoms with van der Waals surface area (Å²) in [7, 11) is -4.00. The molecule has 8 heteroatoms. The van der Waals surface area contributed by atoms with E-state index in [4.69, 9.17) is 21.5 Å². The van der Waals surface area contributed by atoms with Crippen LogP contribution in [0.2, 0.25) is 5.02 Å². The van der Waals surface area contributed by atoms with E-state index in [-0.39, 0.29) is 21.6 Å². The molecule has 0 amide bonds. The molecule has 110 valence electrons. The van der Waals surface area contributed by atoms with Crippen LogP contribution in [0.4, 0.5) is 0 Å². The van der Waals surface area contributed by atoms with Gasteiger partial charge in [0.1, 0.15) is 4.90 Å². The fraction of sp³-hybridized carbons (Fsp3) is 0.417. The van der Waals surface area contributed by atoms with Crippen LogP contribution >= 0.6 is 11.6 Å². The van der Waals surface area contributed by atoms with Crippen molar-refractivity contribution in [2.75, 3.05) is 0 Å². The second kappa shape index (κ2) is 6.09. The molecule has 1 aliphatic rings. The molecule has 0 bridgehead atoms. The average molecular weight is 320 g/mol. The Kier molecular flexibility index (Phi) is 4.64. The van der Waals surface area contributed by atoms with E-state index in [2.05, 4.69) is 0 Å². The molecule has 2 rings (SSSR count). The van der Waals surface area contributed by atoms with E-state index in [1.807, 2.05) is 4.89 Å². The molecule has 1 fully saturated rings. The van der Waals surface area contributed by atoms with Gasteiger partial charge in [-0.25, -0.2) is 13.2 Å². The van der Waals surface area contributed by atoms with Gasteiger partial charge < -0.3 is 5.11 Å². The highest BCUT2D eigenvalue weighted by Gasteiger charge is 2.23. The fourth-order valence-electron chi connectivity index (χ4n) is 2.02. The first kappa shape index (κ1) is 15.2. The van der Waals surface area contributed by atoms with Crippen molar-refractivity contribution in [3.63, 3.8) is 0 Å². The molecule has 0 spiro atoms. The molecule has 20 heavy (non-hydrogen) atoms. The summed E-state index contributed by atoms with van der Waals surface area (Å²) in [6.07, 6.45) is 3.45. The van der Waals surface area contributed by atoms with Crippen molar-refractivity contribution in [2.45, 2.75) is 36.7 Å². The summed E-state index contributed by atoms with van der Waals surface area (Å²) in [5, 5.41) is 8.82. The van der Waals surface area contributed by atoms with Gasteiger partial charge in [-0.2, -0.15) is 0 Å². The highest BCUT2D eigenvalue weighted by atomic mass is 35.5. The molecule has 0 heterocycles. The van der Waals surface area contributed by atoms with E-state index in [0.717, 1.165) is 31.7 Å². The van der Waals surface area contributed by atoms with Crippen LogP contribution in [0.15, 0.2) is 23.1 Å². The van der Waals surface area contributed by atoms with E-state index in [9.17, 15) is 13.2 Å². The first-order valence-electron chi connectivity index (χ1n) is 6.10. The quantitative estimate of drug-likeness (QED) is 0.811. The molecule has 1 aliphatic carbocycles. The highest BCUT2D eigenvalue weighted by molar-refractivity contribution is 7.89. The van der Waals surface area contributed by atoms with Gasteiger partial charge in [0, 0.05) is 0 Å². The minimum Gasteiger partial charge on any atom is -0.478 e. The number of aromatic carboxylic acids is 1. The number of hydrogen-bond acceptors (Lipinski definition) is 4. The van der Waals surface area contributed by atoms with E-state index < -0.39 is 16.0 Å². The van der Waals surface area contributed by atoms with Crippen molar-refractivity contribution in [3.8, 4) is 0 Å². The number of nitrogens with one attached hydrogen (secondary N) is 1. The van der Waals surface area contributed by atoms with Crippen LogP contribution in [-0.2, 0) is 14.9 Å². The molecule has 1 aromatic rings. The number of carboxylic acids is 1. The van der Waals surface area contributed by atoms with Crippen molar-refractivity contribution in [1.29, 1.82) is 0 Å². The molecule has 6 nitrogen and oxygen atoms in total. The molecule has 0 atom stereocenters. The Morgan fingerprint density at radius 1 is 1.35 bits per heavy atom. The summed E-state index contributed by atoms with van der Waals surface area (Å²) in [6.45, 7) is 0. The molecule has 0 aliphatic heterocycles. The summed E-state index contributed by atoms with van der Waals surface area (Å²) in [4.78, 5) is 17.7. The van der Waals surface area contributed by atoms with E-state index in [1.165, 1.54) is 12.1 Å². The van der Waals surface area contributed by atoms with E-state index in [0.29, 0.717) is 0 Å². The minimum atomic E-state index is -4.00. The van der Waals surface area contributed by atoms with Crippen molar-refractivity contribution < 1.29 is 23.2 Å². The van der Waals surface area contributed by atoms with Crippen LogP contribution in [-0.4, -0.2) is 25.6 Å². The van der Waals surface area contributed by atoms with Crippen LogP contribution in [0.25, 0.3) is 0 Å². The number of carboxylic acid groups (broad SMARTS) is 1. The zero-order chi connectivity index (χ0) is 14.8. The van der Waals surface area contributed by atoms with Crippen molar-refractivity contribution in [1.82, 2.24) is 4.89 Å². The van der Waals surface area contributed by atoms with Crippen molar-refractivity contribution in [3.05, 3.63) is 28.8 Å². The summed E-state index contributed by atoms with van der Waals surface area (Å²) in [5.74, 6) is -1.23. The first-order chi connectivity index (χ1) is 9.40. The average Bonchev–Trinajstić information content (AvgIpc) is 2.89. The second-order valence-electron chi connectivity index (χ2n) is 4.56. The lowest BCUT2D eigenvalue weighted by atomic mass is 10.2. The van der Waals surface area contributed by atoms with Gasteiger partial charge >= 0.3 is 5.97 Å². The Bertz CT molecular complexity index is 610. The third kappa shape index (κ3) is 3.49. The maximum atomic E-state index is 12.1. The van der Waals surface area contributed by atoms with Crippen molar-refractivity contribution >= 4 is 27.6 Å². The maximum absolute atomic E-state index is 12.1. The number of benzene rings is 1. The smallest absolute Gasteiger partial charge is 0.335 e. The van der Waals surface area contributed by atoms with Gasteiger partial charge in [-0.3, -0.25) is 4.84 Å². The number of carbonyl (C=O) groups is 1. The topological polar surface area (TPSA) is 92.7 Å². The molecular formula is C12H14ClNO5S. The van der Waals surface area contributed by atoms with E-state index in [1.54, 1.807) is 0 Å². The fourth-order valence-corrected chi connectivity index (χ4v) is 3.41. The standard InChI is InChI=1S/C12H14ClNO5S/c13-10-6-5-8(12(15)16)7-11(10)20(17,18)14-19-9-3-1-2-4-9/h5-7,9,14H,1-4H2,(H,15,16). The summed E-state index contributed by atoms with van der Waals surface area (Å²) in [5.41, 5.74) is -0.157. The second-order valence-corrected chi connectivity index (χ2v) is 6.58. The predicted molar refractivity (Wildman–Crippen MR) is 72.1 cm³/mol. The van der Waals surface area contributed by atoms with Gasteiger partial charge in [-0.15, -0.1) is 0 Å². The Balaban J connectivity index is 2.19. The summed E-state index contributed by atoms with van der Waals surface area (Å²) >= 11 is 5.81. The number of rotatable bonds is 5. The van der Waals surface area contributed by atoms with Gasteiger partial charge in [0.2, 0.25) is 0 Å². The van der Waals surface area contributed by atoms with Gasteiger partial charge in [-0.1, -0.05) is 29.3 Å². The molecule has 0 aromatic heterocycles. The van der Waals surface area contributed by atoms with Gasteiger partial charge in [0.05, 0.1) is 16.7 Å². The molecule has 0 unspecified atom stereocenters. The third-order valence-electron chi connectivity index (χ3n) is 3.09. The van der Waals surface area contributed by atoms with Crippen LogP contribution in [0, 0.1) is 0 Å². The summed E-state index contributed by atoms with van der Waals surface area (Å²) < 4.78 is 24.1. The maximum Gasteiger partial charge on any atom is 0.335 e. The number of hydrogen-bond donors (Lipinski definition) is 2. The van der Waals surface area contributed by atoms with Crippen LogP contribution in [0.1, 0.15) is 36.0 Å². The normalized spacial score (nSPS) is 16.4. The lowest BCUT2D eigenvalue weighted by molar-refractivity contribution is 0.0223. The molecular weight excluding hydrogens is 306 g/mol. The minimum absolute atomic E-state index is 0.0579. The predicted octanol–water partition coefficient (Wildman–Crippen LogP) is 2.19. The van der Waals surface area contributed by atoms with Crippen LogP contribution < -0.4 is 4.89 Å². The van der Waals surface area contributed by atoms with Gasteiger partial charge in [-0.05, 0) is 31.0 Å². The van der Waals surface area contributed by atoms with Gasteiger partial charge in [0.25, 0.3) is 10.0 Å². The van der Waals surface area contributed by atoms with E-state index >= 15 is 0 Å².